The number of hydrogen-bond donors (Lipinski definition) is 1. The third kappa shape index (κ3) is 3.75. The van der Waals surface area contributed by atoms with Gasteiger partial charge in [-0.25, -0.2) is 4.98 Å². The number of thioether (sulfide) groups is 1. The summed E-state index contributed by atoms with van der Waals surface area (Å²) in [6.45, 7) is 6.98. The molecule has 3 aromatic rings. The molecule has 0 spiro atoms. The Morgan fingerprint density at radius 3 is 2.68 bits per heavy atom. The molecule has 2 aromatic heterocycles. The van der Waals surface area contributed by atoms with Gasteiger partial charge in [0.1, 0.15) is 5.75 Å². The summed E-state index contributed by atoms with van der Waals surface area (Å²) < 4.78 is 7.21. The molecule has 7 heteroatoms. The average molecular weight is 398 g/mol. The summed E-state index contributed by atoms with van der Waals surface area (Å²) in [6, 6.07) is 7.65. The number of benzene rings is 1. The van der Waals surface area contributed by atoms with E-state index in [1.54, 1.807) is 13.3 Å². The second-order valence-electron chi connectivity index (χ2n) is 6.59. The highest BCUT2D eigenvalue weighted by molar-refractivity contribution is 8.00. The quantitative estimate of drug-likeness (QED) is 0.472. The minimum Gasteiger partial charge on any atom is -0.497 e. The lowest BCUT2D eigenvalue weighted by Crippen LogP contribution is -2.16. The zero-order valence-corrected chi connectivity index (χ0v) is 17.4. The Morgan fingerprint density at radius 2 is 2.04 bits per heavy atom. The van der Waals surface area contributed by atoms with Crippen molar-refractivity contribution in [2.45, 2.75) is 38.1 Å². The zero-order valence-electron chi connectivity index (χ0n) is 16.6. The van der Waals surface area contributed by atoms with Crippen molar-refractivity contribution in [1.82, 2.24) is 14.5 Å². The summed E-state index contributed by atoms with van der Waals surface area (Å²) in [7, 11) is 1.62. The van der Waals surface area contributed by atoms with Crippen molar-refractivity contribution in [3.63, 3.8) is 0 Å². The molecule has 1 atom stereocenters. The number of ketones is 2. The lowest BCUT2D eigenvalue weighted by atomic mass is 10.0. The fourth-order valence-electron chi connectivity index (χ4n) is 3.27. The van der Waals surface area contributed by atoms with Crippen molar-refractivity contribution >= 4 is 23.3 Å². The smallest absolute Gasteiger partial charge is 0.192 e. The van der Waals surface area contributed by atoms with Crippen LogP contribution in [0.5, 0.6) is 5.75 Å². The van der Waals surface area contributed by atoms with Gasteiger partial charge in [0, 0.05) is 29.7 Å². The fourth-order valence-corrected chi connectivity index (χ4v) is 4.22. The number of rotatable bonds is 7. The van der Waals surface area contributed by atoms with E-state index >= 15 is 0 Å². The number of H-pyrrole nitrogens is 1. The van der Waals surface area contributed by atoms with Gasteiger partial charge in [0.15, 0.2) is 16.7 Å². The van der Waals surface area contributed by atoms with Crippen molar-refractivity contribution in [3.05, 3.63) is 59.2 Å². The fraction of sp³-hybridized carbons (Fsp3) is 0.286. The van der Waals surface area contributed by atoms with E-state index in [4.69, 9.17) is 4.74 Å². The van der Waals surface area contributed by atoms with E-state index in [1.807, 2.05) is 55.8 Å². The van der Waals surface area contributed by atoms with Crippen LogP contribution in [0.3, 0.4) is 0 Å². The van der Waals surface area contributed by atoms with Gasteiger partial charge < -0.3 is 9.72 Å². The topological polar surface area (TPSA) is 77.0 Å². The van der Waals surface area contributed by atoms with E-state index < -0.39 is 0 Å². The monoisotopic (exact) mass is 397 g/mol. The van der Waals surface area contributed by atoms with Crippen LogP contribution in [0, 0.1) is 13.8 Å². The van der Waals surface area contributed by atoms with Crippen molar-refractivity contribution in [2.24, 2.45) is 0 Å². The Hall–Kier alpha value is -2.80. The van der Waals surface area contributed by atoms with Crippen LogP contribution in [0.25, 0.3) is 5.69 Å². The van der Waals surface area contributed by atoms with Crippen molar-refractivity contribution < 1.29 is 14.3 Å². The lowest BCUT2D eigenvalue weighted by molar-refractivity contribution is 0.0988. The highest BCUT2D eigenvalue weighted by Gasteiger charge is 2.25. The normalized spacial score (nSPS) is 12.0. The predicted molar refractivity (Wildman–Crippen MR) is 110 cm³/mol. The van der Waals surface area contributed by atoms with Crippen LogP contribution >= 0.6 is 11.8 Å². The minimum absolute atomic E-state index is 0.0424. The maximum Gasteiger partial charge on any atom is 0.192 e. The van der Waals surface area contributed by atoms with Crippen LogP contribution in [0.4, 0.5) is 0 Å². The molecule has 1 N–H and O–H groups in total. The molecule has 0 aliphatic rings. The van der Waals surface area contributed by atoms with E-state index in [2.05, 4.69) is 9.97 Å². The molecule has 0 fully saturated rings. The van der Waals surface area contributed by atoms with Crippen molar-refractivity contribution in [2.75, 3.05) is 7.11 Å². The maximum atomic E-state index is 13.0. The predicted octanol–water partition coefficient (Wildman–Crippen LogP) is 4.39. The van der Waals surface area contributed by atoms with Gasteiger partial charge in [-0.1, -0.05) is 17.8 Å². The minimum atomic E-state index is -0.372. The van der Waals surface area contributed by atoms with Gasteiger partial charge in [-0.3, -0.25) is 14.2 Å². The Labute approximate surface area is 168 Å². The van der Waals surface area contributed by atoms with Crippen molar-refractivity contribution in [3.8, 4) is 11.4 Å². The number of Topliss-reactive ketones (excluding diaryl/α,β-unsaturated/α-hetero) is 2. The number of nitrogens with zero attached hydrogens (tertiary/aromatic N) is 2. The number of carbonyl (C=O) groups excluding carboxylic acids is 2. The van der Waals surface area contributed by atoms with Crippen LogP contribution in [-0.2, 0) is 0 Å². The molecular formula is C21H23N3O3S. The van der Waals surface area contributed by atoms with Crippen LogP contribution in [-0.4, -0.2) is 38.5 Å². The van der Waals surface area contributed by atoms with Gasteiger partial charge in [0.05, 0.1) is 23.7 Å². The highest BCUT2D eigenvalue weighted by atomic mass is 32.2. The molecule has 146 valence electrons. The number of methoxy groups -OCH3 is 1. The molecule has 3 rings (SSSR count). The van der Waals surface area contributed by atoms with Gasteiger partial charge in [-0.2, -0.15) is 0 Å². The number of aryl methyl sites for hydroxylation is 1. The number of imidazole rings is 1. The molecule has 6 nitrogen and oxygen atoms in total. The van der Waals surface area contributed by atoms with Crippen LogP contribution < -0.4 is 4.74 Å². The van der Waals surface area contributed by atoms with E-state index in [0.29, 0.717) is 22.0 Å². The molecule has 0 aliphatic carbocycles. The second kappa shape index (κ2) is 8.06. The molecule has 0 saturated heterocycles. The molecule has 0 aliphatic heterocycles. The number of aromatic nitrogens is 3. The number of hydrogen-bond acceptors (Lipinski definition) is 5. The van der Waals surface area contributed by atoms with Crippen molar-refractivity contribution in [1.29, 1.82) is 0 Å². The molecule has 2 heterocycles. The summed E-state index contributed by atoms with van der Waals surface area (Å²) in [4.78, 5) is 32.3. The number of nitrogens with one attached hydrogen (secondary N) is 1. The Morgan fingerprint density at radius 1 is 1.29 bits per heavy atom. The number of aromatic amines is 1. The molecule has 0 saturated carbocycles. The summed E-state index contributed by atoms with van der Waals surface area (Å²) in [6.07, 6.45) is 3.56. The Balaban J connectivity index is 1.86. The Kier molecular flexibility index (Phi) is 5.74. The van der Waals surface area contributed by atoms with Gasteiger partial charge in [-0.15, -0.1) is 0 Å². The summed E-state index contributed by atoms with van der Waals surface area (Å²) >= 11 is 1.38. The van der Waals surface area contributed by atoms with E-state index in [9.17, 15) is 9.59 Å². The third-order valence-electron chi connectivity index (χ3n) is 4.63. The zero-order chi connectivity index (χ0) is 20.4. The first-order chi connectivity index (χ1) is 13.3. The van der Waals surface area contributed by atoms with Gasteiger partial charge in [-0.05, 0) is 45.4 Å². The molecule has 0 bridgehead atoms. The summed E-state index contributed by atoms with van der Waals surface area (Å²) in [5.74, 6) is 0.651. The second-order valence-corrected chi connectivity index (χ2v) is 7.89. The molecule has 1 aromatic carbocycles. The van der Waals surface area contributed by atoms with Crippen LogP contribution in [0.15, 0.2) is 41.8 Å². The summed E-state index contributed by atoms with van der Waals surface area (Å²) in [5.41, 5.74) is 3.42. The molecule has 1 unspecified atom stereocenters. The first-order valence-electron chi connectivity index (χ1n) is 8.92. The highest BCUT2D eigenvalue weighted by Crippen LogP contribution is 2.29. The number of ether oxygens (including phenoxy) is 1. The van der Waals surface area contributed by atoms with Crippen LogP contribution in [0.1, 0.15) is 46.0 Å². The maximum absolute atomic E-state index is 13.0. The standard InChI is InChI=1S/C21H23N3O3S/c1-12-18(14(3)25)13(2)23-19(12)20(26)15(4)28-21-22-9-10-24(21)16-7-6-8-17(11-16)27-5/h6-11,15,23H,1-5H3. The van der Waals surface area contributed by atoms with Gasteiger partial charge >= 0.3 is 0 Å². The van der Waals surface area contributed by atoms with E-state index in [1.165, 1.54) is 18.7 Å². The SMILES string of the molecule is COc1cccc(-n2ccnc2SC(C)C(=O)c2[nH]c(C)c(C(C)=O)c2C)c1. The molecular weight excluding hydrogens is 374 g/mol. The number of carbonyl (C=O) groups is 2. The van der Waals surface area contributed by atoms with E-state index in [-0.39, 0.29) is 16.8 Å². The van der Waals surface area contributed by atoms with E-state index in [0.717, 1.165) is 17.1 Å². The van der Waals surface area contributed by atoms with Crippen LogP contribution in [0.2, 0.25) is 0 Å². The first-order valence-corrected chi connectivity index (χ1v) is 9.80. The average Bonchev–Trinajstić information content (AvgIpc) is 3.24. The lowest BCUT2D eigenvalue weighted by Gasteiger charge is -2.12. The Bertz CT molecular complexity index is 1040. The largest absolute Gasteiger partial charge is 0.497 e. The van der Waals surface area contributed by atoms with Gasteiger partial charge in [0.25, 0.3) is 0 Å². The molecule has 0 amide bonds. The van der Waals surface area contributed by atoms with Gasteiger partial charge in [0.2, 0.25) is 0 Å². The summed E-state index contributed by atoms with van der Waals surface area (Å²) in [5, 5.41) is 0.338. The third-order valence-corrected chi connectivity index (χ3v) is 5.71. The first kappa shape index (κ1) is 19.9. The molecule has 0 radical (unpaired) electrons. The molecule has 28 heavy (non-hydrogen) atoms.